The summed E-state index contributed by atoms with van der Waals surface area (Å²) >= 11 is 0. The highest BCUT2D eigenvalue weighted by Gasteiger charge is 2.29. The molecule has 1 aliphatic rings. The van der Waals surface area contributed by atoms with Gasteiger partial charge in [-0.3, -0.25) is 4.90 Å². The fourth-order valence-electron chi connectivity index (χ4n) is 2.22. The van der Waals surface area contributed by atoms with Crippen LogP contribution in [0.5, 0.6) is 11.5 Å². The van der Waals surface area contributed by atoms with E-state index in [-0.39, 0.29) is 0 Å². The first-order chi connectivity index (χ1) is 8.63. The molecule has 1 aliphatic heterocycles. The first-order valence-corrected chi connectivity index (χ1v) is 5.93. The van der Waals surface area contributed by atoms with E-state index in [0.717, 1.165) is 17.1 Å². The Balaban J connectivity index is 2.12. The van der Waals surface area contributed by atoms with Crippen LogP contribution in [-0.4, -0.2) is 54.6 Å². The van der Waals surface area contributed by atoms with Gasteiger partial charge >= 0.3 is 0 Å². The summed E-state index contributed by atoms with van der Waals surface area (Å²) in [5, 5.41) is 19.1. The molecule has 0 radical (unpaired) electrons. The maximum absolute atomic E-state index is 9.53. The Morgan fingerprint density at radius 2 is 1.83 bits per heavy atom. The molecular weight excluding hydrogens is 234 g/mol. The average molecular weight is 253 g/mol. The van der Waals surface area contributed by atoms with Crippen molar-refractivity contribution in [2.24, 2.45) is 0 Å². The first-order valence-electron chi connectivity index (χ1n) is 5.93. The molecule has 1 fully saturated rings. The zero-order valence-electron chi connectivity index (χ0n) is 10.7. The van der Waals surface area contributed by atoms with Crippen molar-refractivity contribution in [1.82, 2.24) is 4.90 Å². The molecular formula is C13H19NO4. The van der Waals surface area contributed by atoms with E-state index >= 15 is 0 Å². The molecule has 2 rings (SSSR count). The molecule has 0 aromatic heterocycles. The molecule has 1 heterocycles. The van der Waals surface area contributed by atoms with E-state index in [1.165, 1.54) is 0 Å². The smallest absolute Gasteiger partial charge is 0.123 e. The zero-order chi connectivity index (χ0) is 13.1. The summed E-state index contributed by atoms with van der Waals surface area (Å²) in [5.41, 5.74) is 0.984. The minimum absolute atomic E-state index is 0.474. The lowest BCUT2D eigenvalue weighted by molar-refractivity contribution is 0.0572. The standard InChI is InChI=1S/C13H19NO4/c1-17-10-3-4-13(18-2)9(5-10)6-14-7-11(15)12(16)8-14/h3-5,11-12,15-16H,6-8H2,1-2H3. The third-order valence-corrected chi connectivity index (χ3v) is 3.22. The minimum Gasteiger partial charge on any atom is -0.497 e. The Bertz CT molecular complexity index is 400. The molecule has 100 valence electrons. The van der Waals surface area contributed by atoms with Gasteiger partial charge in [0.1, 0.15) is 11.5 Å². The van der Waals surface area contributed by atoms with Gasteiger partial charge in [-0.25, -0.2) is 0 Å². The maximum Gasteiger partial charge on any atom is 0.123 e. The van der Waals surface area contributed by atoms with Crippen LogP contribution in [0, 0.1) is 0 Å². The topological polar surface area (TPSA) is 62.2 Å². The highest BCUT2D eigenvalue weighted by Crippen LogP contribution is 2.26. The lowest BCUT2D eigenvalue weighted by Crippen LogP contribution is -2.22. The highest BCUT2D eigenvalue weighted by molar-refractivity contribution is 5.40. The number of benzene rings is 1. The second-order valence-electron chi connectivity index (χ2n) is 4.51. The fraction of sp³-hybridized carbons (Fsp3) is 0.538. The molecule has 18 heavy (non-hydrogen) atoms. The molecule has 0 bridgehead atoms. The fourth-order valence-corrected chi connectivity index (χ4v) is 2.22. The molecule has 2 unspecified atom stereocenters. The SMILES string of the molecule is COc1ccc(OC)c(CN2CC(O)C(O)C2)c1. The number of aliphatic hydroxyl groups is 2. The first kappa shape index (κ1) is 13.1. The second-order valence-corrected chi connectivity index (χ2v) is 4.51. The van der Waals surface area contributed by atoms with Gasteiger partial charge in [0.2, 0.25) is 0 Å². The van der Waals surface area contributed by atoms with Crippen LogP contribution >= 0.6 is 0 Å². The van der Waals surface area contributed by atoms with Crippen LogP contribution in [0.25, 0.3) is 0 Å². The van der Waals surface area contributed by atoms with Gasteiger partial charge in [0.05, 0.1) is 26.4 Å². The summed E-state index contributed by atoms with van der Waals surface area (Å²) in [4.78, 5) is 1.99. The quantitative estimate of drug-likeness (QED) is 0.805. The minimum atomic E-state index is -0.665. The summed E-state index contributed by atoms with van der Waals surface area (Å²) in [6.07, 6.45) is -1.33. The van der Waals surface area contributed by atoms with Crippen molar-refractivity contribution in [2.45, 2.75) is 18.8 Å². The lowest BCUT2D eigenvalue weighted by Gasteiger charge is -2.17. The van der Waals surface area contributed by atoms with Crippen molar-refractivity contribution in [2.75, 3.05) is 27.3 Å². The van der Waals surface area contributed by atoms with Gasteiger partial charge in [0.25, 0.3) is 0 Å². The number of rotatable bonds is 4. The Morgan fingerprint density at radius 3 is 2.39 bits per heavy atom. The van der Waals surface area contributed by atoms with Crippen molar-refractivity contribution in [1.29, 1.82) is 0 Å². The van der Waals surface area contributed by atoms with Crippen LogP contribution in [0.3, 0.4) is 0 Å². The lowest BCUT2D eigenvalue weighted by atomic mass is 10.1. The molecule has 1 aromatic carbocycles. The largest absolute Gasteiger partial charge is 0.497 e. The summed E-state index contributed by atoms with van der Waals surface area (Å²) in [5.74, 6) is 1.55. The molecule has 0 aliphatic carbocycles. The van der Waals surface area contributed by atoms with Crippen molar-refractivity contribution >= 4 is 0 Å². The van der Waals surface area contributed by atoms with Crippen LogP contribution in [0.15, 0.2) is 18.2 Å². The number of hydrogen-bond donors (Lipinski definition) is 2. The zero-order valence-corrected chi connectivity index (χ0v) is 10.7. The number of nitrogens with zero attached hydrogens (tertiary/aromatic N) is 1. The van der Waals surface area contributed by atoms with E-state index in [0.29, 0.717) is 19.6 Å². The predicted octanol–water partition coefficient (Wildman–Crippen LogP) is 0.241. The summed E-state index contributed by atoms with van der Waals surface area (Å²) in [6, 6.07) is 5.61. The van der Waals surface area contributed by atoms with Gasteiger partial charge in [-0.15, -0.1) is 0 Å². The second kappa shape index (κ2) is 5.56. The van der Waals surface area contributed by atoms with Crippen molar-refractivity contribution in [3.63, 3.8) is 0 Å². The van der Waals surface area contributed by atoms with Gasteiger partial charge < -0.3 is 19.7 Å². The monoisotopic (exact) mass is 253 g/mol. The van der Waals surface area contributed by atoms with Gasteiger partial charge in [-0.2, -0.15) is 0 Å². The average Bonchev–Trinajstić information content (AvgIpc) is 2.68. The van der Waals surface area contributed by atoms with Crippen molar-refractivity contribution in [3.05, 3.63) is 23.8 Å². The number of methoxy groups -OCH3 is 2. The van der Waals surface area contributed by atoms with E-state index in [1.54, 1.807) is 14.2 Å². The molecule has 2 N–H and O–H groups in total. The van der Waals surface area contributed by atoms with Gasteiger partial charge in [0.15, 0.2) is 0 Å². The van der Waals surface area contributed by atoms with Crippen LogP contribution < -0.4 is 9.47 Å². The van der Waals surface area contributed by atoms with E-state index in [4.69, 9.17) is 9.47 Å². The van der Waals surface area contributed by atoms with Crippen molar-refractivity contribution in [3.8, 4) is 11.5 Å². The molecule has 0 saturated carbocycles. The van der Waals surface area contributed by atoms with Gasteiger partial charge in [-0.1, -0.05) is 0 Å². The highest BCUT2D eigenvalue weighted by atomic mass is 16.5. The third-order valence-electron chi connectivity index (χ3n) is 3.22. The molecule has 5 heteroatoms. The number of ether oxygens (including phenoxy) is 2. The molecule has 0 amide bonds. The Labute approximate surface area is 107 Å². The van der Waals surface area contributed by atoms with E-state index in [9.17, 15) is 10.2 Å². The van der Waals surface area contributed by atoms with E-state index in [2.05, 4.69) is 0 Å². The van der Waals surface area contributed by atoms with Crippen LogP contribution in [0.2, 0.25) is 0 Å². The van der Waals surface area contributed by atoms with Crippen LogP contribution in [0.4, 0.5) is 0 Å². The Hall–Kier alpha value is -1.30. The van der Waals surface area contributed by atoms with Crippen LogP contribution in [0.1, 0.15) is 5.56 Å². The molecule has 1 saturated heterocycles. The predicted molar refractivity (Wildman–Crippen MR) is 66.8 cm³/mol. The third kappa shape index (κ3) is 2.75. The molecule has 5 nitrogen and oxygen atoms in total. The number of hydrogen-bond acceptors (Lipinski definition) is 5. The van der Waals surface area contributed by atoms with Gasteiger partial charge in [0, 0.05) is 25.2 Å². The molecule has 1 aromatic rings. The summed E-state index contributed by atoms with van der Waals surface area (Å²) in [6.45, 7) is 1.57. The normalized spacial score (nSPS) is 24.2. The number of aliphatic hydroxyl groups excluding tert-OH is 2. The summed E-state index contributed by atoms with van der Waals surface area (Å²) in [7, 11) is 3.24. The van der Waals surface area contributed by atoms with Gasteiger partial charge in [-0.05, 0) is 18.2 Å². The Kier molecular flexibility index (Phi) is 4.06. The van der Waals surface area contributed by atoms with Crippen LogP contribution in [-0.2, 0) is 6.54 Å². The Morgan fingerprint density at radius 1 is 1.17 bits per heavy atom. The number of likely N-dealkylation sites (tertiary alicyclic amines) is 1. The summed E-state index contributed by atoms with van der Waals surface area (Å²) < 4.78 is 10.5. The van der Waals surface area contributed by atoms with E-state index in [1.807, 2.05) is 23.1 Å². The maximum atomic E-state index is 9.53. The van der Waals surface area contributed by atoms with Crippen molar-refractivity contribution < 1.29 is 19.7 Å². The molecule has 2 atom stereocenters. The number of β-amino-alcohol motifs (C(OH)–C–C–N with tert-alkyl or cyclic N) is 2. The van der Waals surface area contributed by atoms with E-state index < -0.39 is 12.2 Å². The molecule has 0 spiro atoms.